The Bertz CT molecular complexity index is 542. The number of benzene rings is 1. The lowest BCUT2D eigenvalue weighted by Gasteiger charge is -2.05. The molecule has 2 rings (SSSR count). The van der Waals surface area contributed by atoms with Crippen molar-refractivity contribution < 1.29 is 4.57 Å². The topological polar surface area (TPSA) is 8.81 Å². The molecular weight excluding hydrogens is 280 g/mol. The van der Waals surface area contributed by atoms with Gasteiger partial charge in [0.25, 0.3) is 5.82 Å². The van der Waals surface area contributed by atoms with E-state index in [2.05, 4.69) is 65.7 Å². The van der Waals surface area contributed by atoms with Crippen molar-refractivity contribution in [2.24, 2.45) is 0 Å². The molecule has 0 radical (unpaired) electrons. The van der Waals surface area contributed by atoms with Gasteiger partial charge >= 0.3 is 0 Å². The molecule has 0 fully saturated rings. The van der Waals surface area contributed by atoms with E-state index < -0.39 is 0 Å². The minimum atomic E-state index is 1.13. The number of hydrogen-bond donors (Lipinski definition) is 0. The van der Waals surface area contributed by atoms with Crippen molar-refractivity contribution in [1.29, 1.82) is 0 Å². The molecule has 0 saturated carbocycles. The summed E-state index contributed by atoms with van der Waals surface area (Å²) in [7, 11) is 0. The number of nitrogens with zero attached hydrogens (tertiary/aromatic N) is 2. The summed E-state index contributed by atoms with van der Waals surface area (Å²) in [6.45, 7) is 6.83. The Morgan fingerprint density at radius 2 is 1.70 bits per heavy atom. The zero-order valence-corrected chi connectivity index (χ0v) is 15.0. The van der Waals surface area contributed by atoms with Gasteiger partial charge in [-0.25, -0.2) is 9.13 Å². The van der Waals surface area contributed by atoms with Crippen molar-refractivity contribution >= 4 is 0 Å². The van der Waals surface area contributed by atoms with Crippen molar-refractivity contribution in [3.05, 3.63) is 54.1 Å². The number of aromatic nitrogens is 2. The first-order chi connectivity index (χ1) is 11.3. The first-order valence-corrected chi connectivity index (χ1v) is 9.46. The Morgan fingerprint density at radius 3 is 2.43 bits per heavy atom. The highest BCUT2D eigenvalue weighted by Crippen LogP contribution is 2.08. The number of rotatable bonds is 11. The van der Waals surface area contributed by atoms with Gasteiger partial charge in [-0.2, -0.15) is 0 Å². The maximum absolute atomic E-state index is 2.49. The molecule has 0 aliphatic rings. The van der Waals surface area contributed by atoms with Crippen molar-refractivity contribution in [2.75, 3.05) is 0 Å². The summed E-state index contributed by atoms with van der Waals surface area (Å²) >= 11 is 0. The molecule has 2 heteroatoms. The molecule has 0 amide bonds. The van der Waals surface area contributed by atoms with E-state index in [4.69, 9.17) is 0 Å². The average molecular weight is 314 g/mol. The maximum atomic E-state index is 2.49. The zero-order valence-electron chi connectivity index (χ0n) is 15.0. The maximum Gasteiger partial charge on any atom is 0.256 e. The number of unbranched alkanes of at least 4 members (excludes halogenated alkanes) is 3. The van der Waals surface area contributed by atoms with Gasteiger partial charge in [0.15, 0.2) is 0 Å². The number of aryl methyl sites for hydroxylation is 3. The third-order valence-corrected chi connectivity index (χ3v) is 4.52. The normalized spacial score (nSPS) is 11.0. The summed E-state index contributed by atoms with van der Waals surface area (Å²) in [5.41, 5.74) is 1.45. The Hall–Kier alpha value is -1.57. The van der Waals surface area contributed by atoms with Gasteiger partial charge in [-0.3, -0.25) is 0 Å². The van der Waals surface area contributed by atoms with Crippen LogP contribution in [-0.4, -0.2) is 4.57 Å². The van der Waals surface area contributed by atoms with Crippen LogP contribution in [-0.2, 0) is 25.9 Å². The second-order valence-corrected chi connectivity index (χ2v) is 6.50. The number of hydrogen-bond acceptors (Lipinski definition) is 0. The van der Waals surface area contributed by atoms with Crippen LogP contribution in [0, 0.1) is 0 Å². The van der Waals surface area contributed by atoms with E-state index in [9.17, 15) is 0 Å². The van der Waals surface area contributed by atoms with Crippen molar-refractivity contribution in [3.63, 3.8) is 0 Å². The van der Waals surface area contributed by atoms with Gasteiger partial charge in [0.2, 0.25) is 0 Å². The van der Waals surface area contributed by atoms with Crippen LogP contribution in [0.1, 0.15) is 63.8 Å². The van der Waals surface area contributed by atoms with E-state index in [0.29, 0.717) is 0 Å². The van der Waals surface area contributed by atoms with Gasteiger partial charge in [-0.15, -0.1) is 0 Å². The average Bonchev–Trinajstić information content (AvgIpc) is 2.95. The third kappa shape index (κ3) is 5.85. The fraction of sp³-hybridized carbons (Fsp3) is 0.571. The van der Waals surface area contributed by atoms with E-state index >= 15 is 0 Å². The molecular formula is C21H33N2+. The summed E-state index contributed by atoms with van der Waals surface area (Å²) in [6.07, 6.45) is 14.7. The molecule has 0 spiro atoms. The van der Waals surface area contributed by atoms with Gasteiger partial charge in [0, 0.05) is 6.42 Å². The Kier molecular flexibility index (Phi) is 7.92. The molecule has 23 heavy (non-hydrogen) atoms. The first kappa shape index (κ1) is 17.8. The Labute approximate surface area is 142 Å². The standard InChI is InChI=1S/C21H33N2/c1-3-5-6-10-15-21-22(16-4-2)18-19-23(21)17-11-14-20-12-8-7-9-13-20/h7-9,12-13,18-19H,3-6,10-11,14-17H2,1-2H3/q+1. The van der Waals surface area contributed by atoms with Gasteiger partial charge in [-0.1, -0.05) is 63.4 Å². The Balaban J connectivity index is 1.91. The molecule has 2 aromatic rings. The molecule has 1 heterocycles. The third-order valence-electron chi connectivity index (χ3n) is 4.52. The SMILES string of the molecule is CCCCCCc1n(CCC)cc[n+]1CCCc1ccccc1. The van der Waals surface area contributed by atoms with E-state index in [1.807, 2.05) is 0 Å². The first-order valence-electron chi connectivity index (χ1n) is 9.46. The van der Waals surface area contributed by atoms with E-state index in [1.165, 1.54) is 62.8 Å². The molecule has 0 aliphatic carbocycles. The predicted octanol–water partition coefficient (Wildman–Crippen LogP) is 4.94. The quantitative estimate of drug-likeness (QED) is 0.410. The van der Waals surface area contributed by atoms with Crippen molar-refractivity contribution in [1.82, 2.24) is 4.57 Å². The van der Waals surface area contributed by atoms with Crippen LogP contribution in [0.2, 0.25) is 0 Å². The summed E-state index contributed by atoms with van der Waals surface area (Å²) in [5.74, 6) is 1.52. The molecule has 0 unspecified atom stereocenters. The fourth-order valence-corrected chi connectivity index (χ4v) is 3.24. The molecule has 0 bridgehead atoms. The van der Waals surface area contributed by atoms with Crippen LogP contribution in [0.4, 0.5) is 0 Å². The highest BCUT2D eigenvalue weighted by molar-refractivity contribution is 5.14. The Morgan fingerprint density at radius 1 is 0.870 bits per heavy atom. The lowest BCUT2D eigenvalue weighted by Crippen LogP contribution is -2.37. The second-order valence-electron chi connectivity index (χ2n) is 6.50. The van der Waals surface area contributed by atoms with Gasteiger partial charge < -0.3 is 0 Å². The van der Waals surface area contributed by atoms with Crippen LogP contribution in [0.3, 0.4) is 0 Å². The monoisotopic (exact) mass is 313 g/mol. The van der Waals surface area contributed by atoms with Gasteiger partial charge in [0.1, 0.15) is 12.4 Å². The molecule has 0 aliphatic heterocycles. The second kappa shape index (κ2) is 10.3. The minimum Gasteiger partial charge on any atom is -0.234 e. The molecule has 126 valence electrons. The highest BCUT2D eigenvalue weighted by Gasteiger charge is 2.15. The molecule has 1 aromatic carbocycles. The highest BCUT2D eigenvalue weighted by atomic mass is 15.1. The lowest BCUT2D eigenvalue weighted by atomic mass is 10.1. The smallest absolute Gasteiger partial charge is 0.234 e. The van der Waals surface area contributed by atoms with E-state index in [-0.39, 0.29) is 0 Å². The largest absolute Gasteiger partial charge is 0.256 e. The fourth-order valence-electron chi connectivity index (χ4n) is 3.24. The number of imidazole rings is 1. The van der Waals surface area contributed by atoms with Crippen LogP contribution < -0.4 is 4.57 Å². The molecule has 0 N–H and O–H groups in total. The molecule has 0 saturated heterocycles. The minimum absolute atomic E-state index is 1.13. The summed E-state index contributed by atoms with van der Waals surface area (Å²) in [4.78, 5) is 0. The van der Waals surface area contributed by atoms with E-state index in [0.717, 1.165) is 13.1 Å². The van der Waals surface area contributed by atoms with Gasteiger partial charge in [0.05, 0.1) is 13.1 Å². The van der Waals surface area contributed by atoms with Crippen LogP contribution in [0.15, 0.2) is 42.7 Å². The van der Waals surface area contributed by atoms with Crippen LogP contribution in [0.25, 0.3) is 0 Å². The lowest BCUT2D eigenvalue weighted by molar-refractivity contribution is -0.704. The van der Waals surface area contributed by atoms with Gasteiger partial charge in [-0.05, 0) is 31.2 Å². The van der Waals surface area contributed by atoms with Crippen molar-refractivity contribution in [2.45, 2.75) is 78.3 Å². The van der Waals surface area contributed by atoms with E-state index in [1.54, 1.807) is 0 Å². The molecule has 1 aromatic heterocycles. The summed E-state index contributed by atoms with van der Waals surface area (Å²) in [5, 5.41) is 0. The predicted molar refractivity (Wildman–Crippen MR) is 97.5 cm³/mol. The summed E-state index contributed by atoms with van der Waals surface area (Å²) < 4.78 is 4.96. The van der Waals surface area contributed by atoms with Crippen LogP contribution in [0.5, 0.6) is 0 Å². The zero-order chi connectivity index (χ0) is 16.3. The molecule has 2 nitrogen and oxygen atoms in total. The van der Waals surface area contributed by atoms with Crippen molar-refractivity contribution in [3.8, 4) is 0 Å². The molecule has 0 atom stereocenters. The summed E-state index contributed by atoms with van der Waals surface area (Å²) in [6, 6.07) is 10.8. The van der Waals surface area contributed by atoms with Crippen LogP contribution >= 0.6 is 0 Å².